The molecule has 5 heteroatoms. The Labute approximate surface area is 126 Å². The van der Waals surface area contributed by atoms with E-state index in [1.807, 2.05) is 19.1 Å². The molecule has 0 bridgehead atoms. The van der Waals surface area contributed by atoms with Crippen molar-refractivity contribution in [2.75, 3.05) is 0 Å². The van der Waals surface area contributed by atoms with E-state index >= 15 is 0 Å². The Morgan fingerprint density at radius 1 is 1.23 bits per heavy atom. The number of pyridine rings is 1. The number of fused-ring (bicyclic) bond motifs is 1. The average molecular weight is 294 g/mol. The van der Waals surface area contributed by atoms with Gasteiger partial charge in [0.1, 0.15) is 0 Å². The fourth-order valence-corrected chi connectivity index (χ4v) is 2.17. The molecular formula is C17H14N2O3. The first-order valence-corrected chi connectivity index (χ1v) is 6.86. The number of hydrogen-bond donors (Lipinski definition) is 1. The van der Waals surface area contributed by atoms with Crippen LogP contribution in [-0.2, 0) is 6.54 Å². The van der Waals surface area contributed by atoms with Crippen LogP contribution in [0, 0.1) is 6.92 Å². The smallest absolute Gasteiger partial charge is 0.344 e. The van der Waals surface area contributed by atoms with Crippen LogP contribution >= 0.6 is 0 Å². The summed E-state index contributed by atoms with van der Waals surface area (Å²) in [5, 5.41) is 3.84. The van der Waals surface area contributed by atoms with Gasteiger partial charge in [0.2, 0.25) is 0 Å². The molecule has 0 aliphatic carbocycles. The number of nitrogens with one attached hydrogen (secondary N) is 1. The number of amides is 1. The van der Waals surface area contributed by atoms with Gasteiger partial charge in [-0.15, -0.1) is 0 Å². The van der Waals surface area contributed by atoms with E-state index in [2.05, 4.69) is 10.3 Å². The van der Waals surface area contributed by atoms with E-state index in [0.717, 1.165) is 11.3 Å². The summed E-state index contributed by atoms with van der Waals surface area (Å²) < 4.78 is 5.11. The number of carbonyl (C=O) groups excluding carboxylic acids is 1. The first-order chi connectivity index (χ1) is 10.6. The summed E-state index contributed by atoms with van der Waals surface area (Å²) in [6, 6.07) is 12.5. The molecule has 2 heterocycles. The van der Waals surface area contributed by atoms with Crippen molar-refractivity contribution < 1.29 is 9.21 Å². The molecule has 0 atom stereocenters. The Hall–Kier alpha value is -2.95. The Kier molecular flexibility index (Phi) is 3.70. The molecule has 0 aliphatic heterocycles. The highest BCUT2D eigenvalue weighted by Gasteiger charge is 2.12. The van der Waals surface area contributed by atoms with Gasteiger partial charge in [-0.2, -0.15) is 0 Å². The molecule has 0 aliphatic rings. The maximum atomic E-state index is 12.1. The van der Waals surface area contributed by atoms with E-state index < -0.39 is 11.5 Å². The quantitative estimate of drug-likeness (QED) is 0.805. The van der Waals surface area contributed by atoms with Gasteiger partial charge < -0.3 is 9.73 Å². The average Bonchev–Trinajstić information content (AvgIpc) is 2.54. The Morgan fingerprint density at radius 2 is 2.09 bits per heavy atom. The molecule has 0 radical (unpaired) electrons. The normalized spacial score (nSPS) is 10.6. The molecule has 3 rings (SSSR count). The van der Waals surface area contributed by atoms with Crippen molar-refractivity contribution in [1.82, 2.24) is 10.3 Å². The maximum Gasteiger partial charge on any atom is 0.344 e. The van der Waals surface area contributed by atoms with E-state index in [1.54, 1.807) is 36.5 Å². The predicted octanol–water partition coefficient (Wildman–Crippen LogP) is 2.43. The molecule has 0 saturated carbocycles. The first kappa shape index (κ1) is 14.0. The van der Waals surface area contributed by atoms with Gasteiger partial charge in [0.25, 0.3) is 5.91 Å². The third-order valence-corrected chi connectivity index (χ3v) is 3.30. The second-order valence-electron chi connectivity index (χ2n) is 4.99. The second kappa shape index (κ2) is 5.81. The number of carbonyl (C=O) groups is 1. The van der Waals surface area contributed by atoms with Crippen LogP contribution in [0.2, 0.25) is 0 Å². The number of benzene rings is 1. The second-order valence-corrected chi connectivity index (χ2v) is 4.99. The molecule has 22 heavy (non-hydrogen) atoms. The highest BCUT2D eigenvalue weighted by atomic mass is 16.4. The molecule has 3 aromatic rings. The lowest BCUT2D eigenvalue weighted by Gasteiger charge is -2.05. The number of rotatable bonds is 3. The summed E-state index contributed by atoms with van der Waals surface area (Å²) in [6.07, 6.45) is 1.65. The number of hydrogen-bond acceptors (Lipinski definition) is 4. The number of aromatic nitrogens is 1. The van der Waals surface area contributed by atoms with Crippen molar-refractivity contribution >= 4 is 16.7 Å². The summed E-state index contributed by atoms with van der Waals surface area (Å²) in [4.78, 5) is 28.2. The van der Waals surface area contributed by atoms with E-state index in [0.29, 0.717) is 10.8 Å². The molecular weight excluding hydrogens is 280 g/mol. The van der Waals surface area contributed by atoms with E-state index in [1.165, 1.54) is 0 Å². The summed E-state index contributed by atoms with van der Waals surface area (Å²) in [5.41, 5.74) is 1.19. The lowest BCUT2D eigenvalue weighted by atomic mass is 10.1. The third kappa shape index (κ3) is 2.88. The summed E-state index contributed by atoms with van der Waals surface area (Å²) in [6.45, 7) is 2.17. The van der Waals surface area contributed by atoms with Crippen LogP contribution in [0.15, 0.2) is 57.9 Å². The van der Waals surface area contributed by atoms with Crippen molar-refractivity contribution in [2.24, 2.45) is 0 Å². The molecule has 0 saturated heterocycles. The minimum absolute atomic E-state index is 0.00251. The van der Waals surface area contributed by atoms with Crippen LogP contribution in [0.1, 0.15) is 21.8 Å². The first-order valence-electron chi connectivity index (χ1n) is 6.86. The molecule has 1 aromatic carbocycles. The fourth-order valence-electron chi connectivity index (χ4n) is 2.17. The Morgan fingerprint density at radius 3 is 2.86 bits per heavy atom. The van der Waals surface area contributed by atoms with E-state index in [9.17, 15) is 9.59 Å². The molecule has 2 aromatic heterocycles. The van der Waals surface area contributed by atoms with Gasteiger partial charge in [0.05, 0.1) is 17.6 Å². The van der Waals surface area contributed by atoms with E-state index in [-0.39, 0.29) is 12.3 Å². The highest BCUT2D eigenvalue weighted by Crippen LogP contribution is 2.14. The van der Waals surface area contributed by atoms with Crippen LogP contribution in [-0.4, -0.2) is 10.9 Å². The zero-order valence-corrected chi connectivity index (χ0v) is 12.0. The van der Waals surface area contributed by atoms with Gasteiger partial charge in [0.15, 0.2) is 5.76 Å². The van der Waals surface area contributed by atoms with Crippen LogP contribution in [0.5, 0.6) is 0 Å². The molecule has 1 N–H and O–H groups in total. The largest absolute Gasteiger partial charge is 0.417 e. The van der Waals surface area contributed by atoms with Crippen molar-refractivity contribution in [1.29, 1.82) is 0 Å². The Bertz CT molecular complexity index is 885. The number of aryl methyl sites for hydroxylation is 1. The third-order valence-electron chi connectivity index (χ3n) is 3.30. The van der Waals surface area contributed by atoms with Crippen molar-refractivity contribution in [3.8, 4) is 0 Å². The maximum absolute atomic E-state index is 12.1. The molecule has 0 unspecified atom stereocenters. The minimum Gasteiger partial charge on any atom is -0.417 e. The zero-order valence-electron chi connectivity index (χ0n) is 12.0. The van der Waals surface area contributed by atoms with Crippen LogP contribution in [0.3, 0.4) is 0 Å². The molecule has 110 valence electrons. The van der Waals surface area contributed by atoms with Crippen molar-refractivity contribution in [3.05, 3.63) is 76.1 Å². The fraction of sp³-hybridized carbons (Fsp3) is 0.118. The standard InChI is InChI=1S/C17H14N2O3/c1-11-5-6-12-9-15(22-17(21)14(12)8-11)16(20)19-10-13-4-2-3-7-18-13/h2-9H,10H2,1H3,(H,19,20). The summed E-state index contributed by atoms with van der Waals surface area (Å²) >= 11 is 0. The summed E-state index contributed by atoms with van der Waals surface area (Å²) in [5.74, 6) is -0.442. The monoisotopic (exact) mass is 294 g/mol. The SMILES string of the molecule is Cc1ccc2cc(C(=O)NCc3ccccn3)oc(=O)c2c1. The predicted molar refractivity (Wildman–Crippen MR) is 82.6 cm³/mol. The lowest BCUT2D eigenvalue weighted by Crippen LogP contribution is -2.24. The van der Waals surface area contributed by atoms with E-state index in [4.69, 9.17) is 4.42 Å². The topological polar surface area (TPSA) is 72.2 Å². The Balaban J connectivity index is 1.85. The minimum atomic E-state index is -0.510. The van der Waals surface area contributed by atoms with Gasteiger partial charge in [-0.1, -0.05) is 23.8 Å². The van der Waals surface area contributed by atoms with Gasteiger partial charge >= 0.3 is 5.63 Å². The van der Waals surface area contributed by atoms with Gasteiger partial charge in [0, 0.05) is 6.20 Å². The highest BCUT2D eigenvalue weighted by molar-refractivity contribution is 5.95. The zero-order chi connectivity index (χ0) is 15.5. The van der Waals surface area contributed by atoms with Gasteiger partial charge in [-0.3, -0.25) is 9.78 Å². The number of nitrogens with zero attached hydrogens (tertiary/aromatic N) is 1. The van der Waals surface area contributed by atoms with Gasteiger partial charge in [-0.25, -0.2) is 4.79 Å². The molecule has 0 fully saturated rings. The molecule has 0 spiro atoms. The van der Waals surface area contributed by atoms with Crippen molar-refractivity contribution in [2.45, 2.75) is 13.5 Å². The van der Waals surface area contributed by atoms with Crippen molar-refractivity contribution in [3.63, 3.8) is 0 Å². The van der Waals surface area contributed by atoms with Crippen LogP contribution in [0.4, 0.5) is 0 Å². The molecule has 1 amide bonds. The lowest BCUT2D eigenvalue weighted by molar-refractivity contribution is 0.0919. The summed E-state index contributed by atoms with van der Waals surface area (Å²) in [7, 11) is 0. The molecule has 5 nitrogen and oxygen atoms in total. The van der Waals surface area contributed by atoms with Crippen LogP contribution in [0.25, 0.3) is 10.8 Å². The van der Waals surface area contributed by atoms with Crippen LogP contribution < -0.4 is 10.9 Å². The van der Waals surface area contributed by atoms with Gasteiger partial charge in [-0.05, 0) is 36.6 Å².